The zero-order valence-electron chi connectivity index (χ0n) is 14.8. The minimum absolute atomic E-state index is 0.0991. The quantitative estimate of drug-likeness (QED) is 0.568. The van der Waals surface area contributed by atoms with Gasteiger partial charge in [-0.1, -0.05) is 53.6 Å². The Morgan fingerprint density at radius 3 is 2.07 bits per heavy atom. The van der Waals surface area contributed by atoms with E-state index < -0.39 is 11.9 Å². The molecule has 142 valence electrons. The van der Waals surface area contributed by atoms with Gasteiger partial charge in [0.25, 0.3) is 5.91 Å². The number of hydrogen-bond donors (Lipinski definition) is 4. The summed E-state index contributed by atoms with van der Waals surface area (Å²) in [5, 5.41) is 5.65. The van der Waals surface area contributed by atoms with Gasteiger partial charge in [-0.05, 0) is 30.2 Å². The maximum absolute atomic E-state index is 11.8. The highest BCUT2D eigenvalue weighted by Crippen LogP contribution is 2.09. The van der Waals surface area contributed by atoms with Crippen LogP contribution in [-0.2, 0) is 22.6 Å². The van der Waals surface area contributed by atoms with Crippen LogP contribution in [0.25, 0.3) is 0 Å². The largest absolute Gasteiger partial charge is 0.334 e. The summed E-state index contributed by atoms with van der Waals surface area (Å²) in [5.41, 5.74) is 7.39. The standard InChI is InChI=1S/C19H21ClN4O3/c1-13-2-4-15(5-3-13)11-21-19(27)22-12-18(26)24-23-17(25)10-14-6-8-16(20)9-7-14/h2-9H,10-12H2,1H3,(H,23,25)(H,24,26)(H2,21,22,27). The SMILES string of the molecule is Cc1ccc(CNC(=O)NCC(=O)NNC(=O)Cc2ccc(Cl)cc2)cc1. The second-order valence-electron chi connectivity index (χ2n) is 5.92. The highest BCUT2D eigenvalue weighted by atomic mass is 35.5. The number of nitrogens with one attached hydrogen (secondary N) is 4. The molecule has 0 unspecified atom stereocenters. The van der Waals surface area contributed by atoms with Gasteiger partial charge in [0, 0.05) is 11.6 Å². The van der Waals surface area contributed by atoms with E-state index in [1.54, 1.807) is 24.3 Å². The molecule has 0 bridgehead atoms. The highest BCUT2D eigenvalue weighted by molar-refractivity contribution is 6.30. The van der Waals surface area contributed by atoms with E-state index in [4.69, 9.17) is 11.6 Å². The second-order valence-corrected chi connectivity index (χ2v) is 6.36. The fourth-order valence-electron chi connectivity index (χ4n) is 2.13. The fraction of sp³-hybridized carbons (Fsp3) is 0.211. The van der Waals surface area contributed by atoms with Crippen LogP contribution in [0.3, 0.4) is 0 Å². The van der Waals surface area contributed by atoms with Gasteiger partial charge in [0.2, 0.25) is 5.91 Å². The van der Waals surface area contributed by atoms with Crippen LogP contribution in [0.1, 0.15) is 16.7 Å². The molecule has 0 heterocycles. The van der Waals surface area contributed by atoms with Crippen LogP contribution in [0.5, 0.6) is 0 Å². The van der Waals surface area contributed by atoms with Gasteiger partial charge in [-0.3, -0.25) is 20.4 Å². The van der Waals surface area contributed by atoms with E-state index >= 15 is 0 Å². The molecule has 0 radical (unpaired) electrons. The number of aryl methyl sites for hydroxylation is 1. The molecular weight excluding hydrogens is 368 g/mol. The summed E-state index contributed by atoms with van der Waals surface area (Å²) in [6.07, 6.45) is 0.0991. The number of benzene rings is 2. The van der Waals surface area contributed by atoms with Crippen molar-refractivity contribution >= 4 is 29.4 Å². The molecule has 0 saturated carbocycles. The Balaban J connectivity index is 1.62. The first-order valence-corrected chi connectivity index (χ1v) is 8.69. The van der Waals surface area contributed by atoms with Crippen LogP contribution in [0.4, 0.5) is 4.79 Å². The van der Waals surface area contributed by atoms with Gasteiger partial charge in [-0.25, -0.2) is 4.79 Å². The molecule has 7 nitrogen and oxygen atoms in total. The summed E-state index contributed by atoms with van der Waals surface area (Å²) in [6, 6.07) is 14.1. The van der Waals surface area contributed by atoms with Gasteiger partial charge >= 0.3 is 6.03 Å². The van der Waals surface area contributed by atoms with Crippen molar-refractivity contribution in [2.45, 2.75) is 19.9 Å². The number of carbonyl (C=O) groups is 3. The van der Waals surface area contributed by atoms with Crippen molar-refractivity contribution in [3.8, 4) is 0 Å². The highest BCUT2D eigenvalue weighted by Gasteiger charge is 2.08. The van der Waals surface area contributed by atoms with E-state index in [0.29, 0.717) is 11.6 Å². The third-order valence-electron chi connectivity index (χ3n) is 3.60. The minimum atomic E-state index is -0.537. The van der Waals surface area contributed by atoms with Gasteiger partial charge in [0.1, 0.15) is 6.54 Å². The summed E-state index contributed by atoms with van der Waals surface area (Å²) in [5.74, 6) is -0.917. The maximum atomic E-state index is 11.8. The predicted molar refractivity (Wildman–Crippen MR) is 103 cm³/mol. The number of rotatable bonds is 6. The Hall–Kier alpha value is -3.06. The van der Waals surface area contributed by atoms with Crippen molar-refractivity contribution in [1.29, 1.82) is 0 Å². The zero-order chi connectivity index (χ0) is 19.6. The van der Waals surface area contributed by atoms with E-state index in [9.17, 15) is 14.4 Å². The van der Waals surface area contributed by atoms with Crippen LogP contribution in [0.15, 0.2) is 48.5 Å². The van der Waals surface area contributed by atoms with Crippen molar-refractivity contribution in [3.63, 3.8) is 0 Å². The maximum Gasteiger partial charge on any atom is 0.315 e. The van der Waals surface area contributed by atoms with E-state index in [1.165, 1.54) is 0 Å². The third kappa shape index (κ3) is 7.79. The molecule has 2 rings (SSSR count). The molecule has 4 amide bonds. The molecule has 0 aliphatic rings. The van der Waals surface area contributed by atoms with Gasteiger partial charge in [0.05, 0.1) is 6.42 Å². The average Bonchev–Trinajstić information content (AvgIpc) is 2.66. The lowest BCUT2D eigenvalue weighted by atomic mass is 10.1. The molecule has 4 N–H and O–H groups in total. The van der Waals surface area contributed by atoms with Gasteiger partial charge in [-0.2, -0.15) is 0 Å². The van der Waals surface area contributed by atoms with Crippen molar-refractivity contribution in [2.24, 2.45) is 0 Å². The van der Waals surface area contributed by atoms with Crippen LogP contribution in [0.2, 0.25) is 5.02 Å². The molecule has 0 saturated heterocycles. The summed E-state index contributed by atoms with van der Waals surface area (Å²) in [6.45, 7) is 2.07. The van der Waals surface area contributed by atoms with E-state index in [-0.39, 0.29) is 18.9 Å². The summed E-state index contributed by atoms with van der Waals surface area (Å²) < 4.78 is 0. The lowest BCUT2D eigenvalue weighted by Crippen LogP contribution is -2.48. The zero-order valence-corrected chi connectivity index (χ0v) is 15.6. The monoisotopic (exact) mass is 388 g/mol. The molecule has 2 aromatic rings. The molecule has 27 heavy (non-hydrogen) atoms. The first kappa shape index (κ1) is 20.3. The van der Waals surface area contributed by atoms with Crippen LogP contribution in [-0.4, -0.2) is 24.4 Å². The number of hydrazine groups is 1. The third-order valence-corrected chi connectivity index (χ3v) is 3.85. The number of carbonyl (C=O) groups excluding carboxylic acids is 3. The molecule has 0 spiro atoms. The molecule has 2 aromatic carbocycles. The van der Waals surface area contributed by atoms with Gasteiger partial charge in [-0.15, -0.1) is 0 Å². The average molecular weight is 389 g/mol. The topological polar surface area (TPSA) is 99.3 Å². The van der Waals surface area contributed by atoms with E-state index in [0.717, 1.165) is 16.7 Å². The summed E-state index contributed by atoms with van der Waals surface area (Å²) in [4.78, 5) is 35.1. The van der Waals surface area contributed by atoms with Crippen molar-refractivity contribution in [1.82, 2.24) is 21.5 Å². The van der Waals surface area contributed by atoms with Crippen LogP contribution < -0.4 is 21.5 Å². The first-order chi connectivity index (χ1) is 12.9. The molecular formula is C19H21ClN4O3. The van der Waals surface area contributed by atoms with Crippen molar-refractivity contribution < 1.29 is 14.4 Å². The molecule has 0 aromatic heterocycles. The van der Waals surface area contributed by atoms with Gasteiger partial charge in [0.15, 0.2) is 0 Å². The Morgan fingerprint density at radius 1 is 0.815 bits per heavy atom. The summed E-state index contributed by atoms with van der Waals surface area (Å²) in [7, 11) is 0. The molecule has 0 atom stereocenters. The number of hydrogen-bond acceptors (Lipinski definition) is 3. The fourth-order valence-corrected chi connectivity index (χ4v) is 2.25. The van der Waals surface area contributed by atoms with E-state index in [2.05, 4.69) is 21.5 Å². The number of amides is 4. The summed E-state index contributed by atoms with van der Waals surface area (Å²) >= 11 is 5.78. The minimum Gasteiger partial charge on any atom is -0.334 e. The smallest absolute Gasteiger partial charge is 0.315 e. The Kier molecular flexibility index (Phi) is 7.63. The number of urea groups is 1. The van der Waals surface area contributed by atoms with Crippen LogP contribution in [0, 0.1) is 6.92 Å². The molecule has 0 aliphatic heterocycles. The number of halogens is 1. The first-order valence-electron chi connectivity index (χ1n) is 8.32. The predicted octanol–water partition coefficient (Wildman–Crippen LogP) is 1.84. The molecule has 8 heteroatoms. The Labute approximate surface area is 162 Å². The van der Waals surface area contributed by atoms with E-state index in [1.807, 2.05) is 31.2 Å². The van der Waals surface area contributed by atoms with Gasteiger partial charge < -0.3 is 10.6 Å². The lowest BCUT2D eigenvalue weighted by Gasteiger charge is -2.10. The molecule has 0 aliphatic carbocycles. The van der Waals surface area contributed by atoms with Crippen molar-refractivity contribution in [3.05, 3.63) is 70.2 Å². The second kappa shape index (κ2) is 10.2. The normalized spacial score (nSPS) is 10.0. The van der Waals surface area contributed by atoms with Crippen LogP contribution >= 0.6 is 11.6 Å². The Bertz CT molecular complexity index is 792. The molecule has 0 fully saturated rings. The lowest BCUT2D eigenvalue weighted by molar-refractivity contribution is -0.128. The Morgan fingerprint density at radius 2 is 1.41 bits per heavy atom. The van der Waals surface area contributed by atoms with Crippen molar-refractivity contribution in [2.75, 3.05) is 6.54 Å².